The molecule has 186 valence electrons. The molecule has 2 unspecified atom stereocenters. The van der Waals surface area contributed by atoms with Crippen LogP contribution in [0, 0.1) is 0 Å². The summed E-state index contributed by atoms with van der Waals surface area (Å²) in [6.45, 7) is 11.4. The van der Waals surface area contributed by atoms with Gasteiger partial charge in [0.05, 0.1) is 34.5 Å². The number of aliphatic hydroxyl groups is 1. The number of amides is 2. The lowest BCUT2D eigenvalue weighted by molar-refractivity contribution is -1.21. The number of nitrogens with zero attached hydrogens (tertiary/aromatic N) is 3. The molecule has 2 amide bonds. The van der Waals surface area contributed by atoms with Crippen LogP contribution in [0.5, 0.6) is 0 Å². The predicted molar refractivity (Wildman–Crippen MR) is 136 cm³/mol. The van der Waals surface area contributed by atoms with E-state index in [4.69, 9.17) is 0 Å². The maximum Gasteiger partial charge on any atom is 0.334 e. The Hall–Kier alpha value is -2.38. The quantitative estimate of drug-likeness (QED) is 0.420. The lowest BCUT2D eigenvalue weighted by Gasteiger charge is -2.57. The van der Waals surface area contributed by atoms with Gasteiger partial charge in [-0.3, -0.25) is 0 Å². The van der Waals surface area contributed by atoms with E-state index in [1.807, 2.05) is 55.6 Å². The van der Waals surface area contributed by atoms with Crippen molar-refractivity contribution in [3.63, 3.8) is 0 Å². The van der Waals surface area contributed by atoms with Crippen LogP contribution < -0.4 is 0 Å². The zero-order chi connectivity index (χ0) is 25.8. The van der Waals surface area contributed by atoms with Gasteiger partial charge in [0.15, 0.2) is 0 Å². The van der Waals surface area contributed by atoms with Crippen molar-refractivity contribution in [3.05, 3.63) is 71.8 Å². The number of carbonyl (C=O) groups excluding carboxylic acids is 2. The number of hydrogen-bond donors (Lipinski definition) is 1. The van der Waals surface area contributed by atoms with E-state index in [-0.39, 0.29) is 34.2 Å². The van der Waals surface area contributed by atoms with Gasteiger partial charge in [-0.15, -0.1) is 9.18 Å². The van der Waals surface area contributed by atoms with E-state index in [9.17, 15) is 14.7 Å². The van der Waals surface area contributed by atoms with E-state index in [0.717, 1.165) is 11.1 Å². The summed E-state index contributed by atoms with van der Waals surface area (Å²) in [6, 6.07) is 20.2. The molecule has 2 aromatic rings. The van der Waals surface area contributed by atoms with Crippen molar-refractivity contribution in [1.29, 1.82) is 0 Å². The minimum absolute atomic E-state index is 0.0875. The van der Waals surface area contributed by atoms with E-state index >= 15 is 0 Å². The summed E-state index contributed by atoms with van der Waals surface area (Å²) in [6.07, 6.45) is 1.26. The fraction of sp³-hybridized carbons (Fsp3) is 0.500. The number of benzene rings is 2. The van der Waals surface area contributed by atoms with Crippen molar-refractivity contribution in [3.8, 4) is 0 Å². The average Bonchev–Trinajstić information content (AvgIpc) is 2.76. The summed E-state index contributed by atoms with van der Waals surface area (Å²) in [7, 11) is 3.75. The zero-order valence-corrected chi connectivity index (χ0v) is 22.2. The minimum atomic E-state index is -0.597. The van der Waals surface area contributed by atoms with Gasteiger partial charge in [-0.2, -0.15) is 0 Å². The zero-order valence-electron chi connectivity index (χ0n) is 22.2. The van der Waals surface area contributed by atoms with E-state index in [0.29, 0.717) is 12.8 Å². The normalized spacial score (nSPS) is 16.1. The molecule has 6 nitrogen and oxygen atoms in total. The fourth-order valence-electron chi connectivity index (χ4n) is 5.15. The molecule has 6 heteroatoms. The van der Waals surface area contributed by atoms with Gasteiger partial charge in [0.2, 0.25) is 0 Å². The smallest absolute Gasteiger partial charge is 0.334 e. The Morgan fingerprint density at radius 2 is 1.06 bits per heavy atom. The molecule has 2 rings (SSSR count). The van der Waals surface area contributed by atoms with E-state index in [2.05, 4.69) is 52.0 Å². The second-order valence-electron chi connectivity index (χ2n) is 10.7. The number of carbonyl (C=O) groups is 2. The standard InChI is InChI=1S/C28H43N3O3/c1-23(33)30(7,27(3,4)21-25-15-11-9-12-16-25)29(19-20-32)31(8,24(2)34)28(5,6)22-26-17-13-10-14-18-26/h9-18,32H,19-22H2,1-8H3/q+2. The Bertz CT molecular complexity index is 897. The van der Waals surface area contributed by atoms with Gasteiger partial charge in [-0.25, -0.2) is 9.59 Å². The Morgan fingerprint density at radius 1 is 0.735 bits per heavy atom. The molecule has 0 bridgehead atoms. The van der Waals surface area contributed by atoms with Crippen molar-refractivity contribution in [1.82, 2.24) is 5.12 Å². The molecule has 0 saturated heterocycles. The molecule has 0 aliphatic carbocycles. The highest BCUT2D eigenvalue weighted by molar-refractivity contribution is 5.67. The van der Waals surface area contributed by atoms with Crippen LogP contribution in [-0.4, -0.2) is 69.5 Å². The highest BCUT2D eigenvalue weighted by Crippen LogP contribution is 2.38. The molecule has 2 atom stereocenters. The molecule has 0 saturated carbocycles. The molecule has 0 aromatic heterocycles. The highest BCUT2D eigenvalue weighted by Gasteiger charge is 2.62. The fourth-order valence-corrected chi connectivity index (χ4v) is 5.15. The summed E-state index contributed by atoms with van der Waals surface area (Å²) in [5.74, 6) is -0.175. The summed E-state index contributed by atoms with van der Waals surface area (Å²) in [5.41, 5.74) is 1.03. The Morgan fingerprint density at radius 3 is 1.32 bits per heavy atom. The van der Waals surface area contributed by atoms with Gasteiger partial charge in [-0.05, 0) is 38.8 Å². The predicted octanol–water partition coefficient (Wildman–Crippen LogP) is 4.14. The topological polar surface area (TPSA) is 57.6 Å². The molecular formula is C28H43N3O3+2. The number of likely N-dealkylation sites (N-methyl/N-ethyl adjacent to an activating group) is 2. The molecule has 2 aromatic carbocycles. The van der Waals surface area contributed by atoms with Gasteiger partial charge in [-0.1, -0.05) is 60.7 Å². The number of hydrogen-bond acceptors (Lipinski definition) is 4. The third-order valence-corrected chi connectivity index (χ3v) is 7.77. The molecule has 34 heavy (non-hydrogen) atoms. The van der Waals surface area contributed by atoms with E-state index < -0.39 is 11.1 Å². The first-order valence-corrected chi connectivity index (χ1v) is 12.0. The number of aliphatic hydroxyl groups excluding tert-OH is 1. The highest BCUT2D eigenvalue weighted by atomic mass is 16.3. The van der Waals surface area contributed by atoms with Crippen LogP contribution in [0.15, 0.2) is 60.7 Å². The molecule has 0 aliphatic rings. The molecule has 0 heterocycles. The van der Waals surface area contributed by atoms with Gasteiger partial charge >= 0.3 is 11.8 Å². The van der Waals surface area contributed by atoms with E-state index in [1.165, 1.54) is 0 Å². The van der Waals surface area contributed by atoms with Gasteiger partial charge in [0, 0.05) is 18.0 Å². The lowest BCUT2D eigenvalue weighted by atomic mass is 9.90. The first-order chi connectivity index (χ1) is 15.7. The first-order valence-electron chi connectivity index (χ1n) is 12.0. The second-order valence-corrected chi connectivity index (χ2v) is 10.7. The van der Waals surface area contributed by atoms with Crippen LogP contribution in [0.4, 0.5) is 0 Å². The Kier molecular flexibility index (Phi) is 8.59. The van der Waals surface area contributed by atoms with Crippen molar-refractivity contribution in [2.75, 3.05) is 27.2 Å². The Balaban J connectivity index is 2.68. The lowest BCUT2D eigenvalue weighted by Crippen LogP contribution is -2.83. The van der Waals surface area contributed by atoms with Gasteiger partial charge in [0.1, 0.15) is 17.6 Å². The van der Waals surface area contributed by atoms with Crippen LogP contribution in [0.2, 0.25) is 0 Å². The third kappa shape index (κ3) is 5.15. The number of quaternary nitrogens is 2. The summed E-state index contributed by atoms with van der Waals surface area (Å²) in [4.78, 5) is 27.0. The first kappa shape index (κ1) is 27.9. The summed E-state index contributed by atoms with van der Waals surface area (Å²) < 4.78 is -0.256. The van der Waals surface area contributed by atoms with Crippen molar-refractivity contribution < 1.29 is 23.9 Å². The maximum atomic E-state index is 13.5. The molecule has 0 radical (unpaired) electrons. The summed E-state index contributed by atoms with van der Waals surface area (Å²) in [5, 5.41) is 12.0. The molecule has 0 spiro atoms. The van der Waals surface area contributed by atoms with Crippen LogP contribution in [0.25, 0.3) is 0 Å². The van der Waals surface area contributed by atoms with Crippen molar-refractivity contribution >= 4 is 11.8 Å². The second kappa shape index (κ2) is 10.5. The van der Waals surface area contributed by atoms with Gasteiger partial charge in [0.25, 0.3) is 0 Å². The Labute approximate surface area is 205 Å². The number of rotatable bonds is 10. The molecule has 0 fully saturated rings. The van der Waals surface area contributed by atoms with Crippen LogP contribution in [-0.2, 0) is 22.4 Å². The molecule has 0 aliphatic heterocycles. The average molecular weight is 470 g/mol. The maximum absolute atomic E-state index is 13.5. The van der Waals surface area contributed by atoms with Crippen LogP contribution >= 0.6 is 0 Å². The van der Waals surface area contributed by atoms with Crippen molar-refractivity contribution in [2.45, 2.75) is 65.5 Å². The molecular weight excluding hydrogens is 426 g/mol. The van der Waals surface area contributed by atoms with E-state index in [1.54, 1.807) is 13.8 Å². The third-order valence-electron chi connectivity index (χ3n) is 7.77. The minimum Gasteiger partial charge on any atom is -0.395 e. The van der Waals surface area contributed by atoms with Crippen LogP contribution in [0.1, 0.15) is 52.7 Å². The molecule has 1 N–H and O–H groups in total. The monoisotopic (exact) mass is 469 g/mol. The van der Waals surface area contributed by atoms with Crippen molar-refractivity contribution in [2.24, 2.45) is 0 Å². The van der Waals surface area contributed by atoms with Crippen LogP contribution in [0.3, 0.4) is 0 Å². The SMILES string of the molecule is CC(=O)[N+](C)(N(CCO)[N+](C)(C(C)=O)C(C)(C)Cc1ccccc1)C(C)(C)Cc1ccccc1. The summed E-state index contributed by atoms with van der Waals surface area (Å²) >= 11 is 0. The largest absolute Gasteiger partial charge is 0.395 e. The van der Waals surface area contributed by atoms with Gasteiger partial charge < -0.3 is 5.11 Å².